The third-order valence-corrected chi connectivity index (χ3v) is 5.20. The molecule has 4 rings (SSSR count). The molecule has 33 heavy (non-hydrogen) atoms. The summed E-state index contributed by atoms with van der Waals surface area (Å²) in [5.41, 5.74) is 1.70. The highest BCUT2D eigenvalue weighted by Crippen LogP contribution is 2.28. The maximum Gasteiger partial charge on any atom is 0.387 e. The summed E-state index contributed by atoms with van der Waals surface area (Å²) in [4.78, 5) is 19.6. The smallest absolute Gasteiger partial charge is 0.387 e. The highest BCUT2D eigenvalue weighted by Gasteiger charge is 2.23. The van der Waals surface area contributed by atoms with E-state index in [0.717, 1.165) is 11.8 Å². The number of hydrogen-bond acceptors (Lipinski definition) is 9. The normalized spacial score (nSPS) is 12.1. The summed E-state index contributed by atoms with van der Waals surface area (Å²) in [6, 6.07) is 12.9. The zero-order valence-electron chi connectivity index (χ0n) is 17.0. The van der Waals surface area contributed by atoms with E-state index in [-0.39, 0.29) is 39.8 Å². The molecule has 4 aromatic rings. The van der Waals surface area contributed by atoms with Crippen molar-refractivity contribution in [3.8, 4) is 17.2 Å². The van der Waals surface area contributed by atoms with Gasteiger partial charge >= 0.3 is 12.6 Å². The monoisotopic (exact) mass is 474 g/mol. The molecule has 0 aliphatic rings. The highest BCUT2D eigenvalue weighted by molar-refractivity contribution is 7.99. The van der Waals surface area contributed by atoms with Gasteiger partial charge in [0.05, 0.1) is 23.9 Å². The van der Waals surface area contributed by atoms with Crippen LogP contribution in [0.25, 0.3) is 28.1 Å². The summed E-state index contributed by atoms with van der Waals surface area (Å²) in [5, 5.41) is 18.5. The Morgan fingerprint density at radius 1 is 1.18 bits per heavy atom. The predicted molar refractivity (Wildman–Crippen MR) is 115 cm³/mol. The number of H-pyrrole nitrogens is 1. The number of esters is 1. The van der Waals surface area contributed by atoms with Crippen molar-refractivity contribution in [2.75, 3.05) is 12.9 Å². The van der Waals surface area contributed by atoms with Crippen LogP contribution in [0.4, 0.5) is 8.78 Å². The molecule has 0 amide bonds. The molecular formula is C21H16F2N4O5S. The molecule has 9 nitrogen and oxygen atoms in total. The summed E-state index contributed by atoms with van der Waals surface area (Å²) < 4.78 is 39.2. The summed E-state index contributed by atoms with van der Waals surface area (Å²) in [6.07, 6.45) is 0. The zero-order chi connectivity index (χ0) is 23.4. The fourth-order valence-electron chi connectivity index (χ4n) is 2.89. The minimum atomic E-state index is -2.92. The van der Waals surface area contributed by atoms with E-state index in [0.29, 0.717) is 16.6 Å². The molecule has 2 aromatic carbocycles. The number of halogens is 2. The quantitative estimate of drug-likeness (QED) is 0.165. The molecule has 0 radical (unpaired) electrons. The Kier molecular flexibility index (Phi) is 6.54. The number of ether oxygens (including phenoxy) is 2. The number of nitrogens with zero attached hydrogens (tertiary/aromatic N) is 3. The fraction of sp³-hybridized carbons (Fsp3) is 0.143. The van der Waals surface area contributed by atoms with Crippen LogP contribution in [0.2, 0.25) is 0 Å². The second-order valence-corrected chi connectivity index (χ2v) is 7.41. The largest absolute Gasteiger partial charge is 0.510 e. The third kappa shape index (κ3) is 5.12. The van der Waals surface area contributed by atoms with Gasteiger partial charge in [0, 0.05) is 5.56 Å². The Bertz CT molecular complexity index is 1270. The van der Waals surface area contributed by atoms with Crippen LogP contribution in [0.15, 0.2) is 63.9 Å². The van der Waals surface area contributed by atoms with Crippen molar-refractivity contribution in [3.05, 3.63) is 60.1 Å². The Balaban J connectivity index is 1.51. The number of aliphatic hydroxyl groups is 1. The molecule has 0 saturated heterocycles. The maximum absolute atomic E-state index is 12.3. The SMILES string of the molecule is COC(=O)C(=C(O)CSc1nnc(-c2ccc(OC(F)F)cc2)o1)c1nc2ccccc2[nH]1. The van der Waals surface area contributed by atoms with Crippen molar-refractivity contribution < 1.29 is 32.6 Å². The van der Waals surface area contributed by atoms with E-state index in [2.05, 4.69) is 24.9 Å². The van der Waals surface area contributed by atoms with E-state index < -0.39 is 12.6 Å². The molecule has 0 saturated carbocycles. The molecule has 0 spiro atoms. The molecule has 0 bridgehead atoms. The van der Waals surface area contributed by atoms with Gasteiger partial charge in [0.25, 0.3) is 5.22 Å². The molecular weight excluding hydrogens is 458 g/mol. The number of benzene rings is 2. The van der Waals surface area contributed by atoms with Gasteiger partial charge in [0.1, 0.15) is 22.9 Å². The first-order valence-electron chi connectivity index (χ1n) is 9.41. The number of rotatable bonds is 8. The molecule has 2 N–H and O–H groups in total. The first-order chi connectivity index (χ1) is 15.9. The van der Waals surface area contributed by atoms with Gasteiger partial charge in [-0.15, -0.1) is 10.2 Å². The lowest BCUT2D eigenvalue weighted by Crippen LogP contribution is -2.09. The van der Waals surface area contributed by atoms with Crippen LogP contribution in [-0.4, -0.2) is 50.7 Å². The van der Waals surface area contributed by atoms with Gasteiger partial charge in [-0.25, -0.2) is 9.78 Å². The highest BCUT2D eigenvalue weighted by atomic mass is 32.2. The Morgan fingerprint density at radius 2 is 1.94 bits per heavy atom. The summed E-state index contributed by atoms with van der Waals surface area (Å²) in [6.45, 7) is -2.92. The van der Waals surface area contributed by atoms with Crippen LogP contribution in [0.5, 0.6) is 5.75 Å². The van der Waals surface area contributed by atoms with Crippen molar-refractivity contribution in [1.29, 1.82) is 0 Å². The van der Waals surface area contributed by atoms with E-state index in [1.807, 2.05) is 6.07 Å². The van der Waals surface area contributed by atoms with E-state index in [1.165, 1.54) is 31.4 Å². The number of aliphatic hydroxyl groups excluding tert-OH is 1. The minimum absolute atomic E-state index is 0.00106. The number of fused-ring (bicyclic) bond motifs is 1. The zero-order valence-corrected chi connectivity index (χ0v) is 17.8. The number of methoxy groups -OCH3 is 1. The first kappa shape index (κ1) is 22.3. The van der Waals surface area contributed by atoms with Gasteiger partial charge in [-0.3, -0.25) is 0 Å². The van der Waals surface area contributed by atoms with E-state index >= 15 is 0 Å². The van der Waals surface area contributed by atoms with E-state index in [9.17, 15) is 18.7 Å². The van der Waals surface area contributed by atoms with Crippen molar-refractivity contribution in [3.63, 3.8) is 0 Å². The molecule has 2 heterocycles. The Labute approximate surface area is 189 Å². The number of carbonyl (C=O) groups is 1. The molecule has 0 unspecified atom stereocenters. The number of alkyl halides is 2. The number of thioether (sulfide) groups is 1. The molecule has 2 aromatic heterocycles. The fourth-order valence-corrected chi connectivity index (χ4v) is 3.53. The first-order valence-corrected chi connectivity index (χ1v) is 10.4. The van der Waals surface area contributed by atoms with Crippen molar-refractivity contribution in [1.82, 2.24) is 20.2 Å². The standard InChI is InChI=1S/C21H16F2N4O5S/c1-30-19(29)16(17-24-13-4-2-3-5-14(13)25-17)15(28)10-33-21-27-26-18(32-21)11-6-8-12(9-7-11)31-20(22)23/h2-9,20,28H,10H2,1H3,(H,24,25). The number of aromatic amines is 1. The van der Waals surface area contributed by atoms with Crippen molar-refractivity contribution in [2.45, 2.75) is 11.8 Å². The second-order valence-electron chi connectivity index (χ2n) is 6.48. The van der Waals surface area contributed by atoms with Crippen LogP contribution < -0.4 is 4.74 Å². The predicted octanol–water partition coefficient (Wildman–Crippen LogP) is 4.45. The second kappa shape index (κ2) is 9.69. The van der Waals surface area contributed by atoms with Gasteiger partial charge < -0.3 is 24.0 Å². The third-order valence-electron chi connectivity index (χ3n) is 4.37. The van der Waals surface area contributed by atoms with Crippen LogP contribution in [0, 0.1) is 0 Å². The summed E-state index contributed by atoms with van der Waals surface area (Å²) in [5.74, 6) is -0.819. The van der Waals surface area contributed by atoms with Gasteiger partial charge in [-0.05, 0) is 36.4 Å². The van der Waals surface area contributed by atoms with Gasteiger partial charge in [-0.1, -0.05) is 23.9 Å². The molecule has 0 fully saturated rings. The average Bonchev–Trinajstić information content (AvgIpc) is 3.45. The van der Waals surface area contributed by atoms with Crippen molar-refractivity contribution in [2.24, 2.45) is 0 Å². The number of nitrogens with one attached hydrogen (secondary N) is 1. The van der Waals surface area contributed by atoms with Gasteiger partial charge in [-0.2, -0.15) is 8.78 Å². The number of carbonyl (C=O) groups excluding carboxylic acids is 1. The number of aromatic nitrogens is 4. The van der Waals surface area contributed by atoms with Crippen LogP contribution in [-0.2, 0) is 9.53 Å². The van der Waals surface area contributed by atoms with E-state index in [1.54, 1.807) is 18.2 Å². The number of imidazole rings is 1. The molecule has 0 atom stereocenters. The van der Waals surface area contributed by atoms with Crippen LogP contribution in [0.3, 0.4) is 0 Å². The van der Waals surface area contributed by atoms with Crippen LogP contribution in [0.1, 0.15) is 5.82 Å². The lowest BCUT2D eigenvalue weighted by molar-refractivity contribution is -0.133. The number of para-hydroxylation sites is 2. The minimum Gasteiger partial charge on any atom is -0.510 e. The molecule has 0 aliphatic carbocycles. The topological polar surface area (TPSA) is 123 Å². The van der Waals surface area contributed by atoms with Crippen molar-refractivity contribution >= 4 is 34.3 Å². The van der Waals surface area contributed by atoms with E-state index in [4.69, 9.17) is 9.15 Å². The van der Waals surface area contributed by atoms with Gasteiger partial charge in [0.15, 0.2) is 0 Å². The lowest BCUT2D eigenvalue weighted by Gasteiger charge is -2.06. The summed E-state index contributed by atoms with van der Waals surface area (Å²) >= 11 is 0.992. The Hall–Kier alpha value is -3.93. The lowest BCUT2D eigenvalue weighted by atomic mass is 10.2. The molecule has 0 aliphatic heterocycles. The summed E-state index contributed by atoms with van der Waals surface area (Å²) in [7, 11) is 1.20. The molecule has 12 heteroatoms. The molecule has 170 valence electrons. The Morgan fingerprint density at radius 3 is 2.64 bits per heavy atom. The number of hydrogen-bond donors (Lipinski definition) is 2. The van der Waals surface area contributed by atoms with Crippen LogP contribution >= 0.6 is 11.8 Å². The van der Waals surface area contributed by atoms with Gasteiger partial charge in [0.2, 0.25) is 5.89 Å². The maximum atomic E-state index is 12.3. The average molecular weight is 474 g/mol.